The van der Waals surface area contributed by atoms with E-state index in [1.54, 1.807) is 7.11 Å². The van der Waals surface area contributed by atoms with Crippen LogP contribution in [0.1, 0.15) is 15.9 Å². The molecule has 0 radical (unpaired) electrons. The number of methoxy groups -OCH3 is 1. The third-order valence-electron chi connectivity index (χ3n) is 5.30. The first-order valence-corrected chi connectivity index (χ1v) is 10.9. The predicted molar refractivity (Wildman–Crippen MR) is 130 cm³/mol. The number of nitrogens with zero attached hydrogens (tertiary/aromatic N) is 1. The van der Waals surface area contributed by atoms with E-state index in [-0.39, 0.29) is 5.91 Å². The Kier molecular flexibility index (Phi) is 5.15. The molecule has 0 saturated carbocycles. The minimum Gasteiger partial charge on any atom is -0.495 e. The van der Waals surface area contributed by atoms with Gasteiger partial charge in [-0.25, -0.2) is 4.98 Å². The average molecular weight is 487 g/mol. The number of carbonyl (C=O) groups is 1. The van der Waals surface area contributed by atoms with Crippen molar-refractivity contribution in [3.63, 3.8) is 0 Å². The van der Waals surface area contributed by atoms with Crippen molar-refractivity contribution in [2.75, 3.05) is 12.4 Å². The molecule has 32 heavy (non-hydrogen) atoms. The summed E-state index contributed by atoms with van der Waals surface area (Å²) < 4.78 is 12.2. The number of fused-ring (bicyclic) bond motifs is 2. The zero-order valence-corrected chi connectivity index (χ0v) is 19.1. The number of oxazole rings is 1. The molecule has 1 amide bonds. The summed E-state index contributed by atoms with van der Waals surface area (Å²) in [5, 5.41) is 4.89. The number of amides is 1. The molecule has 0 atom stereocenters. The van der Waals surface area contributed by atoms with Crippen molar-refractivity contribution in [1.82, 2.24) is 4.98 Å². The van der Waals surface area contributed by atoms with Gasteiger partial charge < -0.3 is 14.5 Å². The standard InChI is InChI=1S/C26H19BrN2O3/c1-15-10-11-22-21(12-15)29-26(32-22)17-7-5-8-18(13-17)28-25(30)20-14-16-6-3-4-9-19(16)23(27)24(20)31-2/h3-14H,1-2H3,(H,28,30). The number of aromatic nitrogens is 1. The number of carbonyl (C=O) groups excluding carboxylic acids is 1. The largest absolute Gasteiger partial charge is 0.495 e. The van der Waals surface area contributed by atoms with Gasteiger partial charge >= 0.3 is 0 Å². The molecule has 0 aliphatic rings. The van der Waals surface area contributed by atoms with E-state index >= 15 is 0 Å². The van der Waals surface area contributed by atoms with E-state index in [1.807, 2.05) is 79.7 Å². The van der Waals surface area contributed by atoms with E-state index < -0.39 is 0 Å². The van der Waals surface area contributed by atoms with Crippen molar-refractivity contribution in [1.29, 1.82) is 0 Å². The lowest BCUT2D eigenvalue weighted by Crippen LogP contribution is -2.13. The third kappa shape index (κ3) is 3.63. The molecule has 1 N–H and O–H groups in total. The SMILES string of the molecule is COc1c(C(=O)Nc2cccc(-c3nc4cc(C)ccc4o3)c2)cc2ccccc2c1Br. The molecule has 0 unspecified atom stereocenters. The molecule has 0 aliphatic heterocycles. The van der Waals surface area contributed by atoms with Gasteiger partial charge in [-0.1, -0.05) is 36.4 Å². The second kappa shape index (κ2) is 8.13. The van der Waals surface area contributed by atoms with Crippen molar-refractivity contribution >= 4 is 49.4 Å². The molecule has 1 aromatic heterocycles. The highest BCUT2D eigenvalue weighted by Gasteiger charge is 2.19. The summed E-state index contributed by atoms with van der Waals surface area (Å²) in [4.78, 5) is 17.8. The van der Waals surface area contributed by atoms with Gasteiger partial charge in [0.15, 0.2) is 5.58 Å². The van der Waals surface area contributed by atoms with Gasteiger partial charge in [0, 0.05) is 11.3 Å². The minimum atomic E-state index is -0.265. The molecule has 5 nitrogen and oxygen atoms in total. The second-order valence-corrected chi connectivity index (χ2v) is 8.31. The molecule has 0 saturated heterocycles. The number of halogens is 1. The van der Waals surface area contributed by atoms with Crippen LogP contribution in [0.25, 0.3) is 33.3 Å². The Bertz CT molecular complexity index is 1490. The van der Waals surface area contributed by atoms with Gasteiger partial charge in [0.2, 0.25) is 5.89 Å². The molecule has 158 valence electrons. The van der Waals surface area contributed by atoms with Crippen LogP contribution < -0.4 is 10.1 Å². The van der Waals surface area contributed by atoms with Crippen LogP contribution in [0.3, 0.4) is 0 Å². The summed E-state index contributed by atoms with van der Waals surface area (Å²) in [5.41, 5.74) is 4.52. The molecule has 0 fully saturated rings. The average Bonchev–Trinajstić information content (AvgIpc) is 3.22. The molecule has 1 heterocycles. The number of aryl methyl sites for hydroxylation is 1. The first kappa shape index (κ1) is 20.3. The molecular weight excluding hydrogens is 468 g/mol. The number of benzene rings is 4. The molecule has 0 bridgehead atoms. The second-order valence-electron chi connectivity index (χ2n) is 7.52. The highest BCUT2D eigenvalue weighted by molar-refractivity contribution is 9.10. The third-order valence-corrected chi connectivity index (χ3v) is 6.09. The molecule has 6 heteroatoms. The van der Waals surface area contributed by atoms with E-state index in [0.717, 1.165) is 37.5 Å². The predicted octanol–water partition coefficient (Wildman–Crippen LogP) is 6.98. The zero-order chi connectivity index (χ0) is 22.2. The van der Waals surface area contributed by atoms with Crippen LogP contribution in [0, 0.1) is 6.92 Å². The number of anilines is 1. The van der Waals surface area contributed by atoms with Gasteiger partial charge in [-0.05, 0) is 75.6 Å². The van der Waals surface area contributed by atoms with Crippen molar-refractivity contribution in [3.05, 3.63) is 88.4 Å². The lowest BCUT2D eigenvalue weighted by Gasteiger charge is -2.14. The first-order valence-electron chi connectivity index (χ1n) is 10.1. The molecule has 4 aromatic carbocycles. The van der Waals surface area contributed by atoms with E-state index in [0.29, 0.717) is 22.9 Å². The number of ether oxygens (including phenoxy) is 1. The number of rotatable bonds is 4. The zero-order valence-electron chi connectivity index (χ0n) is 17.5. The Morgan fingerprint density at radius 2 is 1.88 bits per heavy atom. The van der Waals surface area contributed by atoms with Gasteiger partial charge in [0.05, 0.1) is 17.1 Å². The van der Waals surface area contributed by atoms with Gasteiger partial charge in [0.1, 0.15) is 11.3 Å². The smallest absolute Gasteiger partial charge is 0.259 e. The van der Waals surface area contributed by atoms with Crippen LogP contribution >= 0.6 is 15.9 Å². The monoisotopic (exact) mass is 486 g/mol. The van der Waals surface area contributed by atoms with Crippen molar-refractivity contribution in [2.24, 2.45) is 0 Å². The summed E-state index contributed by atoms with van der Waals surface area (Å²) in [6.45, 7) is 2.02. The highest BCUT2D eigenvalue weighted by atomic mass is 79.9. The van der Waals surface area contributed by atoms with Gasteiger partial charge in [-0.3, -0.25) is 4.79 Å². The van der Waals surface area contributed by atoms with Crippen molar-refractivity contribution < 1.29 is 13.9 Å². The van der Waals surface area contributed by atoms with Gasteiger partial charge in [-0.2, -0.15) is 0 Å². The van der Waals surface area contributed by atoms with Crippen molar-refractivity contribution in [2.45, 2.75) is 6.92 Å². The van der Waals surface area contributed by atoms with Crippen molar-refractivity contribution in [3.8, 4) is 17.2 Å². The quantitative estimate of drug-likeness (QED) is 0.297. The van der Waals surface area contributed by atoms with E-state index in [2.05, 4.69) is 26.2 Å². The summed E-state index contributed by atoms with van der Waals surface area (Å²) in [6.07, 6.45) is 0. The lowest BCUT2D eigenvalue weighted by atomic mass is 10.0. The number of nitrogens with one attached hydrogen (secondary N) is 1. The van der Waals surface area contributed by atoms with E-state index in [1.165, 1.54) is 0 Å². The lowest BCUT2D eigenvalue weighted by molar-refractivity contribution is 0.102. The summed E-state index contributed by atoms with van der Waals surface area (Å²) in [7, 11) is 1.56. The normalized spacial score (nSPS) is 11.1. The fourth-order valence-corrected chi connectivity index (χ4v) is 4.48. The maximum absolute atomic E-state index is 13.2. The fourth-order valence-electron chi connectivity index (χ4n) is 3.74. The Labute approximate surface area is 193 Å². The summed E-state index contributed by atoms with van der Waals surface area (Å²) in [5.74, 6) is 0.734. The molecule has 0 aliphatic carbocycles. The topological polar surface area (TPSA) is 64.4 Å². The molecule has 0 spiro atoms. The van der Waals surface area contributed by atoms with Crippen LogP contribution in [0.15, 0.2) is 81.7 Å². The van der Waals surface area contributed by atoms with Crippen LogP contribution in [0.4, 0.5) is 5.69 Å². The molecule has 5 rings (SSSR count). The van der Waals surface area contributed by atoms with Gasteiger partial charge in [-0.15, -0.1) is 0 Å². The fraction of sp³-hybridized carbons (Fsp3) is 0.0769. The van der Waals surface area contributed by atoms with Gasteiger partial charge in [0.25, 0.3) is 5.91 Å². The van der Waals surface area contributed by atoms with Crippen LogP contribution in [0.5, 0.6) is 5.75 Å². The molecular formula is C26H19BrN2O3. The van der Waals surface area contributed by atoms with Crippen LogP contribution in [-0.4, -0.2) is 18.0 Å². The Balaban J connectivity index is 1.49. The Morgan fingerprint density at radius 1 is 1.03 bits per heavy atom. The van der Waals surface area contributed by atoms with Crippen LogP contribution in [-0.2, 0) is 0 Å². The maximum Gasteiger partial charge on any atom is 0.259 e. The summed E-state index contributed by atoms with van der Waals surface area (Å²) >= 11 is 3.58. The Morgan fingerprint density at radius 3 is 2.72 bits per heavy atom. The maximum atomic E-state index is 13.2. The first-order chi connectivity index (χ1) is 15.5. The van der Waals surface area contributed by atoms with Crippen LogP contribution in [0.2, 0.25) is 0 Å². The molecule has 5 aromatic rings. The number of hydrogen-bond acceptors (Lipinski definition) is 4. The van der Waals surface area contributed by atoms with E-state index in [4.69, 9.17) is 9.15 Å². The summed E-state index contributed by atoms with van der Waals surface area (Å²) in [6, 6.07) is 23.0. The Hall–Kier alpha value is -3.64. The van der Waals surface area contributed by atoms with E-state index in [9.17, 15) is 4.79 Å². The minimum absolute atomic E-state index is 0.265. The number of hydrogen-bond donors (Lipinski definition) is 1. The highest BCUT2D eigenvalue weighted by Crippen LogP contribution is 2.37.